The van der Waals surface area contributed by atoms with Gasteiger partial charge in [0.05, 0.1) is 16.4 Å². The van der Waals surface area contributed by atoms with Gasteiger partial charge in [-0.05, 0) is 106 Å². The van der Waals surface area contributed by atoms with Gasteiger partial charge in [0.25, 0.3) is 0 Å². The lowest BCUT2D eigenvalue weighted by Gasteiger charge is -2.46. The van der Waals surface area contributed by atoms with Crippen molar-refractivity contribution in [3.8, 4) is 22.3 Å². The average Bonchev–Trinajstić information content (AvgIpc) is 3.55. The summed E-state index contributed by atoms with van der Waals surface area (Å²) in [7, 11) is 0. The van der Waals surface area contributed by atoms with E-state index in [1.807, 2.05) is 23.5 Å². The number of para-hydroxylation sites is 1. The van der Waals surface area contributed by atoms with Crippen LogP contribution in [-0.4, -0.2) is 4.57 Å². The molecule has 52 heavy (non-hydrogen) atoms. The van der Waals surface area contributed by atoms with Gasteiger partial charge in [0, 0.05) is 36.1 Å². The van der Waals surface area contributed by atoms with Gasteiger partial charge in [0.15, 0.2) is 0 Å². The van der Waals surface area contributed by atoms with Crippen LogP contribution in [0.4, 0.5) is 0 Å². The van der Waals surface area contributed by atoms with Crippen LogP contribution in [0, 0.1) is 0 Å². The van der Waals surface area contributed by atoms with Crippen molar-refractivity contribution in [1.29, 1.82) is 0 Å². The van der Waals surface area contributed by atoms with E-state index in [4.69, 9.17) is 0 Å². The summed E-state index contributed by atoms with van der Waals surface area (Å²) in [5.74, 6) is 0. The molecule has 0 amide bonds. The van der Waals surface area contributed by atoms with Crippen molar-refractivity contribution < 1.29 is 0 Å². The van der Waals surface area contributed by atoms with Crippen molar-refractivity contribution in [2.75, 3.05) is 0 Å². The fourth-order valence-corrected chi connectivity index (χ4v) is 11.4. The molecule has 246 valence electrons. The molecule has 2 aliphatic heterocycles. The molecule has 1 aromatic heterocycles. The number of nitrogens with zero attached hydrogens (tertiary/aromatic N) is 1. The van der Waals surface area contributed by atoms with Crippen LogP contribution >= 0.6 is 23.5 Å². The summed E-state index contributed by atoms with van der Waals surface area (Å²) in [6.45, 7) is 0. The minimum Gasteiger partial charge on any atom is -0.313 e. The molecule has 0 unspecified atom stereocenters. The van der Waals surface area contributed by atoms with Crippen molar-refractivity contribution in [3.05, 3.63) is 198 Å². The van der Waals surface area contributed by atoms with Gasteiger partial charge in [-0.15, -0.1) is 0 Å². The number of hydrogen-bond acceptors (Lipinski definition) is 2. The Labute approximate surface area is 312 Å². The zero-order chi connectivity index (χ0) is 34.2. The van der Waals surface area contributed by atoms with Crippen LogP contribution < -0.4 is 0 Å². The molecule has 8 aromatic rings. The molecular weight excluding hydrogens is 667 g/mol. The first-order chi connectivity index (χ1) is 25.8. The van der Waals surface area contributed by atoms with E-state index in [2.05, 4.69) is 181 Å². The molecule has 0 N–H and O–H groups in total. The molecule has 0 fully saturated rings. The minimum absolute atomic E-state index is 0.476. The second-order valence-corrected chi connectivity index (χ2v) is 16.1. The molecule has 7 aromatic carbocycles. The maximum absolute atomic E-state index is 2.51. The van der Waals surface area contributed by atoms with E-state index in [0.29, 0.717) is 0 Å². The number of allylic oxidation sites excluding steroid dienone is 4. The molecule has 0 radical (unpaired) electrons. The third kappa shape index (κ3) is 4.33. The minimum atomic E-state index is -0.476. The van der Waals surface area contributed by atoms with Gasteiger partial charge in [0.2, 0.25) is 0 Å². The van der Waals surface area contributed by atoms with Gasteiger partial charge >= 0.3 is 0 Å². The Morgan fingerprint density at radius 1 is 0.481 bits per heavy atom. The Hall–Kier alpha value is -5.48. The molecule has 0 saturated heterocycles. The maximum Gasteiger partial charge on any atom is 0.0745 e. The Kier molecular flexibility index (Phi) is 6.83. The molecule has 1 aliphatic carbocycles. The molecular formula is C49H33NS2. The second-order valence-electron chi connectivity index (χ2n) is 13.9. The van der Waals surface area contributed by atoms with E-state index in [1.54, 1.807) is 0 Å². The van der Waals surface area contributed by atoms with Crippen LogP contribution in [0.25, 0.3) is 49.8 Å². The number of aromatic nitrogens is 1. The highest BCUT2D eigenvalue weighted by atomic mass is 32.2. The van der Waals surface area contributed by atoms with Gasteiger partial charge in [-0.2, -0.15) is 0 Å². The predicted octanol–water partition coefficient (Wildman–Crippen LogP) is 13.6. The topological polar surface area (TPSA) is 4.93 Å². The number of rotatable bonds is 3. The molecule has 1 nitrogen and oxygen atoms in total. The monoisotopic (exact) mass is 699 g/mol. The standard InChI is InChI=1S/C49H33NS2/c1-3-14-32(15-4-1)36-19-13-22-41-48(36)52-47-29-27-34(31-42(47)49(41)39-20-8-11-24-45(39)51-46-25-12-9-21-40(46)49)33-26-28-44-38(30-33)37-18-7-10-23-43(37)50(44)35-16-5-2-6-17-35/h1-5,7-16,18-31H,6,17H2. The van der Waals surface area contributed by atoms with E-state index in [-0.39, 0.29) is 0 Å². The highest BCUT2D eigenvalue weighted by Crippen LogP contribution is 2.63. The van der Waals surface area contributed by atoms with E-state index >= 15 is 0 Å². The normalized spacial score (nSPS) is 15.2. The first kappa shape index (κ1) is 30.2. The highest BCUT2D eigenvalue weighted by Gasteiger charge is 2.49. The lowest BCUT2D eigenvalue weighted by Crippen LogP contribution is -2.36. The van der Waals surface area contributed by atoms with Gasteiger partial charge in [0.1, 0.15) is 0 Å². The van der Waals surface area contributed by atoms with Gasteiger partial charge in [-0.1, -0.05) is 151 Å². The van der Waals surface area contributed by atoms with E-state index in [1.165, 1.54) is 91.6 Å². The van der Waals surface area contributed by atoms with E-state index in [9.17, 15) is 0 Å². The molecule has 0 saturated carbocycles. The molecule has 1 spiro atoms. The van der Waals surface area contributed by atoms with Gasteiger partial charge < -0.3 is 4.57 Å². The number of hydrogen-bond donors (Lipinski definition) is 0. The SMILES string of the molecule is C1=CCCC(n2c3ccccc3c3cc(-c4ccc5c(c4)C4(c6ccccc6Sc6ccccc64)c4cccc(-c6ccccc6)c4S5)ccc32)=C1. The molecule has 11 rings (SSSR count). The summed E-state index contributed by atoms with van der Waals surface area (Å²) in [5.41, 5.74) is 13.9. The lowest BCUT2D eigenvalue weighted by atomic mass is 9.64. The van der Waals surface area contributed by atoms with E-state index < -0.39 is 5.41 Å². The Bertz CT molecular complexity index is 2760. The number of benzene rings is 7. The van der Waals surface area contributed by atoms with Crippen LogP contribution in [0.5, 0.6) is 0 Å². The summed E-state index contributed by atoms with van der Waals surface area (Å²) in [6, 6.07) is 59.3. The Morgan fingerprint density at radius 2 is 1.15 bits per heavy atom. The van der Waals surface area contributed by atoms with Crippen molar-refractivity contribution in [2.45, 2.75) is 37.8 Å². The largest absolute Gasteiger partial charge is 0.313 e. The fraction of sp³-hybridized carbons (Fsp3) is 0.0612. The third-order valence-corrected chi connectivity index (χ3v) is 13.6. The summed E-state index contributed by atoms with van der Waals surface area (Å²) >= 11 is 3.83. The first-order valence-electron chi connectivity index (χ1n) is 18.1. The first-order valence-corrected chi connectivity index (χ1v) is 19.7. The van der Waals surface area contributed by atoms with Crippen LogP contribution in [0.15, 0.2) is 196 Å². The maximum atomic E-state index is 2.51. The predicted molar refractivity (Wildman–Crippen MR) is 220 cm³/mol. The third-order valence-electron chi connectivity index (χ3n) is 11.2. The van der Waals surface area contributed by atoms with Gasteiger partial charge in [-0.3, -0.25) is 0 Å². The van der Waals surface area contributed by atoms with Crippen LogP contribution in [-0.2, 0) is 5.41 Å². The molecule has 3 aliphatic rings. The average molecular weight is 700 g/mol. The van der Waals surface area contributed by atoms with Crippen molar-refractivity contribution in [2.24, 2.45) is 0 Å². The zero-order valence-electron chi connectivity index (χ0n) is 28.4. The van der Waals surface area contributed by atoms with Crippen LogP contribution in [0.1, 0.15) is 35.1 Å². The van der Waals surface area contributed by atoms with Crippen molar-refractivity contribution >= 4 is 51.0 Å². The van der Waals surface area contributed by atoms with Gasteiger partial charge in [-0.25, -0.2) is 0 Å². The number of fused-ring (bicyclic) bond motifs is 11. The van der Waals surface area contributed by atoms with Crippen molar-refractivity contribution in [3.63, 3.8) is 0 Å². The van der Waals surface area contributed by atoms with Crippen LogP contribution in [0.3, 0.4) is 0 Å². The fourth-order valence-electron chi connectivity index (χ4n) is 8.95. The van der Waals surface area contributed by atoms with Crippen molar-refractivity contribution in [1.82, 2.24) is 4.57 Å². The molecule has 0 bridgehead atoms. The molecule has 3 heteroatoms. The van der Waals surface area contributed by atoms with E-state index in [0.717, 1.165) is 12.8 Å². The summed E-state index contributed by atoms with van der Waals surface area (Å²) in [6.07, 6.45) is 8.87. The molecule has 0 atom stereocenters. The Morgan fingerprint density at radius 3 is 1.96 bits per heavy atom. The molecule has 3 heterocycles. The quantitative estimate of drug-likeness (QED) is 0.181. The summed E-state index contributed by atoms with van der Waals surface area (Å²) < 4.78 is 2.48. The zero-order valence-corrected chi connectivity index (χ0v) is 30.1. The highest BCUT2D eigenvalue weighted by molar-refractivity contribution is 8.00. The second kappa shape index (κ2) is 11.8. The summed E-state index contributed by atoms with van der Waals surface area (Å²) in [4.78, 5) is 5.29. The Balaban J connectivity index is 1.18. The lowest BCUT2D eigenvalue weighted by molar-refractivity contribution is 0.668. The van der Waals surface area contributed by atoms with Crippen LogP contribution in [0.2, 0.25) is 0 Å². The summed E-state index contributed by atoms with van der Waals surface area (Å²) in [5, 5.41) is 2.60. The smallest absolute Gasteiger partial charge is 0.0745 e.